The van der Waals surface area contributed by atoms with E-state index < -0.39 is 28.5 Å². The van der Waals surface area contributed by atoms with E-state index in [1.165, 1.54) is 17.0 Å². The lowest BCUT2D eigenvalue weighted by molar-refractivity contribution is -0.139. The van der Waals surface area contributed by atoms with Crippen molar-refractivity contribution in [1.82, 2.24) is 10.2 Å². The fraction of sp³-hybridized carbons (Fsp3) is 0.333. The van der Waals surface area contributed by atoms with E-state index in [4.69, 9.17) is 0 Å². The molecule has 0 saturated heterocycles. The lowest BCUT2D eigenvalue weighted by Crippen LogP contribution is -2.53. The van der Waals surface area contributed by atoms with Crippen molar-refractivity contribution in [2.24, 2.45) is 0 Å². The van der Waals surface area contributed by atoms with Gasteiger partial charge in [-0.1, -0.05) is 76.9 Å². The third-order valence-corrected chi connectivity index (χ3v) is 8.92. The number of halogens is 1. The highest BCUT2D eigenvalue weighted by atomic mass is 79.9. The van der Waals surface area contributed by atoms with Gasteiger partial charge in [-0.05, 0) is 69.5 Å². The number of sulfonamides is 1. The first-order valence-corrected chi connectivity index (χ1v) is 15.2. The summed E-state index contributed by atoms with van der Waals surface area (Å²) < 4.78 is 29.5. The predicted octanol–water partition coefficient (Wildman–Crippen LogP) is 5.33. The Bertz CT molecular complexity index is 1360. The standard InChI is InChI=1S/C30H36BrN3O4S/c1-5-23(3)32-30(36)24(4)33(19-18-25-10-7-6-8-11-25)29(35)21-34(27-13-9-12-26(31)20-27)39(37,38)28-16-14-22(2)15-17-28/h6-17,20,23-24H,5,18-19,21H2,1-4H3,(H,32,36)/t23-,24-/m1/s1. The van der Waals surface area contributed by atoms with Crippen LogP contribution >= 0.6 is 15.9 Å². The van der Waals surface area contributed by atoms with Crippen molar-refractivity contribution in [2.45, 2.75) is 57.5 Å². The van der Waals surface area contributed by atoms with Gasteiger partial charge in [-0.15, -0.1) is 0 Å². The van der Waals surface area contributed by atoms with Crippen molar-refractivity contribution in [3.63, 3.8) is 0 Å². The molecule has 0 aliphatic rings. The third-order valence-electron chi connectivity index (χ3n) is 6.64. The van der Waals surface area contributed by atoms with E-state index in [1.54, 1.807) is 43.3 Å². The number of carbonyl (C=O) groups excluding carboxylic acids is 2. The molecule has 0 radical (unpaired) electrons. The zero-order valence-electron chi connectivity index (χ0n) is 22.8. The number of nitrogens with zero attached hydrogens (tertiary/aromatic N) is 2. The average molecular weight is 615 g/mol. The topological polar surface area (TPSA) is 86.8 Å². The molecule has 0 bridgehead atoms. The molecule has 0 aliphatic heterocycles. The van der Waals surface area contributed by atoms with Gasteiger partial charge >= 0.3 is 0 Å². The summed E-state index contributed by atoms with van der Waals surface area (Å²) in [4.78, 5) is 28.5. The molecule has 2 amide bonds. The molecule has 0 aliphatic carbocycles. The van der Waals surface area contributed by atoms with Crippen LogP contribution in [0.2, 0.25) is 0 Å². The number of benzene rings is 3. The minimum Gasteiger partial charge on any atom is -0.352 e. The lowest BCUT2D eigenvalue weighted by Gasteiger charge is -2.32. The van der Waals surface area contributed by atoms with Gasteiger partial charge in [-0.25, -0.2) is 8.42 Å². The normalized spacial score (nSPS) is 12.8. The number of hydrogen-bond donors (Lipinski definition) is 1. The van der Waals surface area contributed by atoms with Crippen molar-refractivity contribution in [1.29, 1.82) is 0 Å². The molecule has 1 N–H and O–H groups in total. The predicted molar refractivity (Wildman–Crippen MR) is 159 cm³/mol. The van der Waals surface area contributed by atoms with Gasteiger partial charge in [0.2, 0.25) is 11.8 Å². The number of hydrogen-bond acceptors (Lipinski definition) is 4. The second-order valence-electron chi connectivity index (χ2n) is 9.62. The number of nitrogens with one attached hydrogen (secondary N) is 1. The molecule has 0 saturated carbocycles. The molecule has 0 fully saturated rings. The molecule has 7 nitrogen and oxygen atoms in total. The zero-order chi connectivity index (χ0) is 28.6. The van der Waals surface area contributed by atoms with Gasteiger partial charge in [-0.3, -0.25) is 13.9 Å². The minimum absolute atomic E-state index is 0.0499. The van der Waals surface area contributed by atoms with E-state index in [0.29, 0.717) is 16.6 Å². The van der Waals surface area contributed by atoms with Crippen LogP contribution in [0.4, 0.5) is 5.69 Å². The molecule has 3 aromatic rings. The Labute approximate surface area is 240 Å². The van der Waals surface area contributed by atoms with Crippen molar-refractivity contribution >= 4 is 43.5 Å². The highest BCUT2D eigenvalue weighted by molar-refractivity contribution is 9.10. The van der Waals surface area contributed by atoms with Gasteiger partial charge in [0, 0.05) is 17.1 Å². The maximum Gasteiger partial charge on any atom is 0.264 e. The summed E-state index contributed by atoms with van der Waals surface area (Å²) in [6, 6.07) is 22.2. The monoisotopic (exact) mass is 613 g/mol. The minimum atomic E-state index is -4.09. The molecule has 2 atom stereocenters. The summed E-state index contributed by atoms with van der Waals surface area (Å²) in [5.74, 6) is -0.741. The molecular formula is C30H36BrN3O4S. The third kappa shape index (κ3) is 8.16. The van der Waals surface area contributed by atoms with Crippen molar-refractivity contribution in [3.8, 4) is 0 Å². The van der Waals surface area contributed by atoms with Crippen LogP contribution in [0.15, 0.2) is 88.2 Å². The van der Waals surface area contributed by atoms with Gasteiger partial charge < -0.3 is 10.2 Å². The second kappa shape index (κ2) is 13.8. The first kappa shape index (κ1) is 30.4. The highest BCUT2D eigenvalue weighted by Crippen LogP contribution is 2.27. The van der Waals surface area contributed by atoms with E-state index in [1.807, 2.05) is 51.1 Å². The van der Waals surface area contributed by atoms with E-state index >= 15 is 0 Å². The summed E-state index contributed by atoms with van der Waals surface area (Å²) in [7, 11) is -4.09. The van der Waals surface area contributed by atoms with Crippen LogP contribution in [0.25, 0.3) is 0 Å². The summed E-state index contributed by atoms with van der Waals surface area (Å²) in [5.41, 5.74) is 2.28. The fourth-order valence-corrected chi connectivity index (χ4v) is 5.83. The quantitative estimate of drug-likeness (QED) is 0.299. The maximum atomic E-state index is 13.9. The van der Waals surface area contributed by atoms with E-state index in [2.05, 4.69) is 21.2 Å². The lowest BCUT2D eigenvalue weighted by atomic mass is 10.1. The Morgan fingerprint density at radius 1 is 0.949 bits per heavy atom. The first-order valence-electron chi connectivity index (χ1n) is 13.0. The molecule has 0 aromatic heterocycles. The molecule has 39 heavy (non-hydrogen) atoms. The molecule has 9 heteroatoms. The maximum absolute atomic E-state index is 13.9. The van der Waals surface area contributed by atoms with Gasteiger partial charge in [-0.2, -0.15) is 0 Å². The van der Waals surface area contributed by atoms with Gasteiger partial charge in [0.25, 0.3) is 10.0 Å². The molecule has 0 spiro atoms. The van der Waals surface area contributed by atoms with Crippen LogP contribution in [0.5, 0.6) is 0 Å². The van der Waals surface area contributed by atoms with Crippen molar-refractivity contribution in [3.05, 3.63) is 94.5 Å². The highest BCUT2D eigenvalue weighted by Gasteiger charge is 2.32. The van der Waals surface area contributed by atoms with E-state index in [0.717, 1.165) is 21.9 Å². The van der Waals surface area contributed by atoms with Crippen LogP contribution < -0.4 is 9.62 Å². The fourth-order valence-electron chi connectivity index (χ4n) is 4.03. The van der Waals surface area contributed by atoms with E-state index in [-0.39, 0.29) is 23.4 Å². The summed E-state index contributed by atoms with van der Waals surface area (Å²) in [6.07, 6.45) is 1.27. The van der Waals surface area contributed by atoms with Crippen LogP contribution in [0.3, 0.4) is 0 Å². The van der Waals surface area contributed by atoms with E-state index in [9.17, 15) is 18.0 Å². The zero-order valence-corrected chi connectivity index (χ0v) is 25.2. The molecule has 0 heterocycles. The Balaban J connectivity index is 1.97. The SMILES string of the molecule is CC[C@@H](C)NC(=O)[C@@H](C)N(CCc1ccccc1)C(=O)CN(c1cccc(Br)c1)S(=O)(=O)c1ccc(C)cc1. The Kier molecular flexibility index (Phi) is 10.7. The number of aryl methyl sites for hydroxylation is 1. The Morgan fingerprint density at radius 3 is 2.23 bits per heavy atom. The first-order chi connectivity index (χ1) is 18.5. The van der Waals surface area contributed by atoms with Crippen LogP contribution in [0, 0.1) is 6.92 Å². The Hall–Kier alpha value is -3.17. The number of rotatable bonds is 12. The number of amides is 2. The molecular weight excluding hydrogens is 578 g/mol. The van der Waals surface area contributed by atoms with Crippen LogP contribution in [-0.4, -0.2) is 50.3 Å². The average Bonchev–Trinajstić information content (AvgIpc) is 2.92. The number of anilines is 1. The van der Waals surface area contributed by atoms with Gasteiger partial charge in [0.1, 0.15) is 12.6 Å². The summed E-state index contributed by atoms with van der Waals surface area (Å²) in [5, 5.41) is 2.95. The van der Waals surface area contributed by atoms with Crippen molar-refractivity contribution < 1.29 is 18.0 Å². The smallest absolute Gasteiger partial charge is 0.264 e. The van der Waals surface area contributed by atoms with Gasteiger partial charge in [0.15, 0.2) is 0 Å². The Morgan fingerprint density at radius 2 is 1.62 bits per heavy atom. The second-order valence-corrected chi connectivity index (χ2v) is 12.4. The van der Waals surface area contributed by atoms with Crippen LogP contribution in [-0.2, 0) is 26.0 Å². The molecule has 3 rings (SSSR count). The van der Waals surface area contributed by atoms with Crippen LogP contribution in [0.1, 0.15) is 38.3 Å². The summed E-state index contributed by atoms with van der Waals surface area (Å²) in [6.45, 7) is 7.24. The largest absolute Gasteiger partial charge is 0.352 e. The molecule has 208 valence electrons. The molecule has 0 unspecified atom stereocenters. The number of carbonyl (C=O) groups is 2. The molecule has 3 aromatic carbocycles. The summed E-state index contributed by atoms with van der Waals surface area (Å²) >= 11 is 3.41. The van der Waals surface area contributed by atoms with Crippen molar-refractivity contribution in [2.75, 3.05) is 17.4 Å². The van der Waals surface area contributed by atoms with Gasteiger partial charge in [0.05, 0.1) is 10.6 Å².